The summed E-state index contributed by atoms with van der Waals surface area (Å²) in [5.41, 5.74) is 4.59. The van der Waals surface area contributed by atoms with Crippen LogP contribution in [0.15, 0.2) is 30.6 Å². The first-order valence-corrected chi connectivity index (χ1v) is 6.11. The topological polar surface area (TPSA) is 55.1 Å². The van der Waals surface area contributed by atoms with Crippen molar-refractivity contribution in [3.05, 3.63) is 47.5 Å². The second-order valence-corrected chi connectivity index (χ2v) is 4.53. The maximum Gasteiger partial charge on any atom is 0.303 e. The molecule has 0 spiro atoms. The number of aromatic nitrogens is 2. The third-order valence-corrected chi connectivity index (χ3v) is 3.41. The van der Waals surface area contributed by atoms with Gasteiger partial charge in [0.2, 0.25) is 0 Å². The summed E-state index contributed by atoms with van der Waals surface area (Å²) in [4.78, 5) is 15.0. The van der Waals surface area contributed by atoms with Gasteiger partial charge in [0, 0.05) is 17.8 Å². The summed E-state index contributed by atoms with van der Waals surface area (Å²) in [5.74, 6) is -0.770. The Balaban J connectivity index is 1.97. The molecule has 0 atom stereocenters. The van der Waals surface area contributed by atoms with E-state index in [2.05, 4.69) is 21.7 Å². The monoisotopic (exact) mass is 242 g/mol. The zero-order valence-electron chi connectivity index (χ0n) is 9.97. The first-order valence-electron chi connectivity index (χ1n) is 6.11. The van der Waals surface area contributed by atoms with Crippen LogP contribution in [-0.2, 0) is 24.1 Å². The Morgan fingerprint density at radius 2 is 2.17 bits per heavy atom. The fraction of sp³-hybridized carbons (Fsp3) is 0.286. The maximum absolute atomic E-state index is 10.6. The predicted molar refractivity (Wildman–Crippen MR) is 66.9 cm³/mol. The van der Waals surface area contributed by atoms with Gasteiger partial charge in [0.1, 0.15) is 0 Å². The number of nitrogens with zero attached hydrogens (tertiary/aromatic N) is 2. The van der Waals surface area contributed by atoms with E-state index in [-0.39, 0.29) is 6.42 Å². The number of imidazole rings is 1. The lowest BCUT2D eigenvalue weighted by atomic mass is 10.00. The van der Waals surface area contributed by atoms with Crippen molar-refractivity contribution in [2.75, 3.05) is 0 Å². The van der Waals surface area contributed by atoms with Gasteiger partial charge in [0.05, 0.1) is 18.4 Å². The predicted octanol–water partition coefficient (Wildman–Crippen LogP) is 1.99. The van der Waals surface area contributed by atoms with Crippen molar-refractivity contribution >= 4 is 5.97 Å². The highest BCUT2D eigenvalue weighted by atomic mass is 16.4. The molecule has 0 unspecified atom stereocenters. The summed E-state index contributed by atoms with van der Waals surface area (Å²) >= 11 is 0. The number of benzene rings is 1. The van der Waals surface area contributed by atoms with E-state index in [1.54, 1.807) is 0 Å². The maximum atomic E-state index is 10.6. The van der Waals surface area contributed by atoms with E-state index in [1.165, 1.54) is 11.3 Å². The molecule has 0 amide bonds. The van der Waals surface area contributed by atoms with Gasteiger partial charge in [-0.15, -0.1) is 0 Å². The first-order chi connectivity index (χ1) is 8.75. The van der Waals surface area contributed by atoms with Gasteiger partial charge in [-0.1, -0.05) is 18.2 Å². The molecule has 0 bridgehead atoms. The van der Waals surface area contributed by atoms with Crippen molar-refractivity contribution in [2.45, 2.75) is 25.7 Å². The Hall–Kier alpha value is -2.10. The standard InChI is InChI=1S/C14H14N2O2/c17-14(18)8-6-11-13-7-5-10-3-1-2-4-12(10)16(13)9-15-11/h1-4,9H,5-8H2,(H,17,18). The fourth-order valence-electron chi connectivity index (χ4n) is 2.53. The average molecular weight is 242 g/mol. The van der Waals surface area contributed by atoms with Crippen LogP contribution in [0.25, 0.3) is 5.69 Å². The summed E-state index contributed by atoms with van der Waals surface area (Å²) in [5, 5.41) is 8.74. The van der Waals surface area contributed by atoms with E-state index in [0.29, 0.717) is 6.42 Å². The van der Waals surface area contributed by atoms with E-state index in [1.807, 2.05) is 18.5 Å². The zero-order valence-corrected chi connectivity index (χ0v) is 9.97. The van der Waals surface area contributed by atoms with Crippen LogP contribution >= 0.6 is 0 Å². The van der Waals surface area contributed by atoms with Crippen molar-refractivity contribution < 1.29 is 9.90 Å². The lowest BCUT2D eigenvalue weighted by Crippen LogP contribution is -2.12. The summed E-state index contributed by atoms with van der Waals surface area (Å²) in [6.07, 6.45) is 4.41. The minimum absolute atomic E-state index is 0.145. The van der Waals surface area contributed by atoms with Gasteiger partial charge in [-0.25, -0.2) is 4.98 Å². The molecule has 2 aromatic rings. The van der Waals surface area contributed by atoms with Crippen molar-refractivity contribution in [1.29, 1.82) is 0 Å². The molecule has 92 valence electrons. The van der Waals surface area contributed by atoms with Crippen molar-refractivity contribution in [3.8, 4) is 5.69 Å². The third kappa shape index (κ3) is 1.79. The van der Waals surface area contributed by atoms with Crippen LogP contribution in [0, 0.1) is 0 Å². The number of aliphatic carboxylic acids is 1. The van der Waals surface area contributed by atoms with Gasteiger partial charge in [-0.3, -0.25) is 4.79 Å². The lowest BCUT2D eigenvalue weighted by molar-refractivity contribution is -0.136. The minimum Gasteiger partial charge on any atom is -0.481 e. The van der Waals surface area contributed by atoms with Crippen molar-refractivity contribution in [3.63, 3.8) is 0 Å². The summed E-state index contributed by atoms with van der Waals surface area (Å²) in [7, 11) is 0. The van der Waals surface area contributed by atoms with Gasteiger partial charge >= 0.3 is 5.97 Å². The summed E-state index contributed by atoms with van der Waals surface area (Å²) in [6, 6.07) is 8.28. The Morgan fingerprint density at radius 1 is 1.33 bits per heavy atom. The Labute approximate surface area is 105 Å². The fourth-order valence-corrected chi connectivity index (χ4v) is 2.53. The van der Waals surface area contributed by atoms with E-state index < -0.39 is 5.97 Å². The van der Waals surface area contributed by atoms with E-state index in [9.17, 15) is 4.79 Å². The van der Waals surface area contributed by atoms with Crippen molar-refractivity contribution in [2.24, 2.45) is 0 Å². The molecule has 0 fully saturated rings. The van der Waals surface area contributed by atoms with Crippen LogP contribution < -0.4 is 0 Å². The minimum atomic E-state index is -0.770. The van der Waals surface area contributed by atoms with E-state index in [0.717, 1.165) is 24.2 Å². The molecule has 1 N–H and O–H groups in total. The number of hydrogen-bond donors (Lipinski definition) is 1. The SMILES string of the molecule is O=C(O)CCc1ncn2c1CCc1ccccc1-2. The van der Waals surface area contributed by atoms with Crippen LogP contribution in [0.5, 0.6) is 0 Å². The van der Waals surface area contributed by atoms with Gasteiger partial charge in [0.15, 0.2) is 0 Å². The number of rotatable bonds is 3. The zero-order chi connectivity index (χ0) is 12.5. The molecule has 4 nitrogen and oxygen atoms in total. The number of fused-ring (bicyclic) bond motifs is 3. The molecule has 3 rings (SSSR count). The van der Waals surface area contributed by atoms with Crippen LogP contribution in [0.2, 0.25) is 0 Å². The Bertz CT molecular complexity index is 602. The van der Waals surface area contributed by atoms with Gasteiger partial charge < -0.3 is 9.67 Å². The number of hydrogen-bond acceptors (Lipinski definition) is 2. The van der Waals surface area contributed by atoms with E-state index in [4.69, 9.17) is 5.11 Å². The van der Waals surface area contributed by atoms with Crippen LogP contribution in [-0.4, -0.2) is 20.6 Å². The molecule has 1 aliphatic rings. The highest BCUT2D eigenvalue weighted by Crippen LogP contribution is 2.26. The highest BCUT2D eigenvalue weighted by molar-refractivity contribution is 5.67. The molecule has 4 heteroatoms. The second-order valence-electron chi connectivity index (χ2n) is 4.53. The molecule has 1 aromatic carbocycles. The molecular weight excluding hydrogens is 228 g/mol. The number of aryl methyl sites for hydroxylation is 2. The molecule has 0 saturated heterocycles. The second kappa shape index (κ2) is 4.29. The molecule has 2 heterocycles. The Morgan fingerprint density at radius 3 is 3.00 bits per heavy atom. The molecular formula is C14H14N2O2. The largest absolute Gasteiger partial charge is 0.481 e. The molecule has 18 heavy (non-hydrogen) atoms. The van der Waals surface area contributed by atoms with Crippen molar-refractivity contribution in [1.82, 2.24) is 9.55 Å². The lowest BCUT2D eigenvalue weighted by Gasteiger charge is -2.19. The molecule has 1 aromatic heterocycles. The highest BCUT2D eigenvalue weighted by Gasteiger charge is 2.19. The summed E-state index contributed by atoms with van der Waals surface area (Å²) < 4.78 is 2.09. The number of para-hydroxylation sites is 1. The number of carbonyl (C=O) groups is 1. The average Bonchev–Trinajstić information content (AvgIpc) is 2.80. The number of carboxylic acids is 1. The molecule has 0 radical (unpaired) electrons. The summed E-state index contributed by atoms with van der Waals surface area (Å²) in [6.45, 7) is 0. The quantitative estimate of drug-likeness (QED) is 0.895. The smallest absolute Gasteiger partial charge is 0.303 e. The third-order valence-electron chi connectivity index (χ3n) is 3.41. The normalized spacial score (nSPS) is 12.9. The Kier molecular flexibility index (Phi) is 2.63. The van der Waals surface area contributed by atoms with Crippen LogP contribution in [0.4, 0.5) is 0 Å². The van der Waals surface area contributed by atoms with Gasteiger partial charge in [-0.2, -0.15) is 0 Å². The van der Waals surface area contributed by atoms with Gasteiger partial charge in [0.25, 0.3) is 0 Å². The van der Waals surface area contributed by atoms with Crippen LogP contribution in [0.3, 0.4) is 0 Å². The number of carboxylic acid groups (broad SMARTS) is 1. The first kappa shape index (κ1) is 11.0. The molecule has 0 saturated carbocycles. The van der Waals surface area contributed by atoms with E-state index >= 15 is 0 Å². The molecule has 1 aliphatic heterocycles. The van der Waals surface area contributed by atoms with Gasteiger partial charge in [-0.05, 0) is 24.5 Å². The molecule has 0 aliphatic carbocycles. The van der Waals surface area contributed by atoms with Crippen LogP contribution in [0.1, 0.15) is 23.4 Å².